The van der Waals surface area contributed by atoms with Crippen LogP contribution in [0.5, 0.6) is 0 Å². The van der Waals surface area contributed by atoms with Gasteiger partial charge in [0.2, 0.25) is 0 Å². The largest absolute Gasteiger partial charge is 0.469 e. The molecule has 0 amide bonds. The maximum Gasteiger partial charge on any atom is 0.313 e. The lowest BCUT2D eigenvalue weighted by Crippen LogP contribution is -2.30. The number of nitrogens with zero attached hydrogens (tertiary/aromatic N) is 1. The molecule has 2 N–H and O–H groups in total. The van der Waals surface area contributed by atoms with Gasteiger partial charge in [-0.1, -0.05) is 13.8 Å². The van der Waals surface area contributed by atoms with Crippen molar-refractivity contribution in [1.29, 1.82) is 0 Å². The molecule has 0 aliphatic heterocycles. The Balaban J connectivity index is 2.78. The van der Waals surface area contributed by atoms with Crippen molar-refractivity contribution in [3.63, 3.8) is 0 Å². The summed E-state index contributed by atoms with van der Waals surface area (Å²) in [6, 6.07) is 2.05. The highest BCUT2D eigenvalue weighted by Gasteiger charge is 2.29. The maximum atomic E-state index is 11.6. The molecule has 1 aromatic heterocycles. The zero-order valence-electron chi connectivity index (χ0n) is 11.9. The van der Waals surface area contributed by atoms with E-state index in [0.717, 1.165) is 5.56 Å². The van der Waals surface area contributed by atoms with Gasteiger partial charge in [0.05, 0.1) is 12.5 Å². The first-order valence-corrected chi connectivity index (χ1v) is 6.27. The average Bonchev–Trinajstić information content (AvgIpc) is 2.74. The predicted octanol–water partition coefficient (Wildman–Crippen LogP) is 2.34. The molecule has 18 heavy (non-hydrogen) atoms. The van der Waals surface area contributed by atoms with Crippen molar-refractivity contribution in [2.75, 3.05) is 7.11 Å². The molecule has 0 saturated carbocycles. The molecular formula is C14H24N2O2. The predicted molar refractivity (Wildman–Crippen MR) is 72.0 cm³/mol. The summed E-state index contributed by atoms with van der Waals surface area (Å²) in [4.78, 5) is 11.6. The van der Waals surface area contributed by atoms with E-state index in [1.807, 2.05) is 36.9 Å². The van der Waals surface area contributed by atoms with Gasteiger partial charge in [0.15, 0.2) is 0 Å². The van der Waals surface area contributed by atoms with Gasteiger partial charge >= 0.3 is 5.97 Å². The third-order valence-corrected chi connectivity index (χ3v) is 3.19. The van der Waals surface area contributed by atoms with Gasteiger partial charge < -0.3 is 15.0 Å². The molecule has 0 fully saturated rings. The summed E-state index contributed by atoms with van der Waals surface area (Å²) in [7, 11) is 1.42. The number of hydrogen-bond acceptors (Lipinski definition) is 3. The summed E-state index contributed by atoms with van der Waals surface area (Å²) in [6.45, 7) is 8.53. The van der Waals surface area contributed by atoms with Crippen molar-refractivity contribution in [2.45, 2.75) is 40.3 Å². The average molecular weight is 252 g/mol. The van der Waals surface area contributed by atoms with E-state index in [-0.39, 0.29) is 12.0 Å². The Labute approximate surface area is 109 Å². The van der Waals surface area contributed by atoms with Crippen LogP contribution in [0.25, 0.3) is 0 Å². The van der Waals surface area contributed by atoms with E-state index in [4.69, 9.17) is 10.5 Å². The lowest BCUT2D eigenvalue weighted by molar-refractivity contribution is -0.151. The Bertz CT molecular complexity index is 408. The molecule has 1 unspecified atom stereocenters. The van der Waals surface area contributed by atoms with E-state index in [0.29, 0.717) is 12.5 Å². The van der Waals surface area contributed by atoms with Gasteiger partial charge in [-0.25, -0.2) is 0 Å². The highest BCUT2D eigenvalue weighted by molar-refractivity contribution is 5.75. The zero-order valence-corrected chi connectivity index (χ0v) is 11.9. The van der Waals surface area contributed by atoms with Crippen LogP contribution in [0.4, 0.5) is 0 Å². The summed E-state index contributed by atoms with van der Waals surface area (Å²) in [5.74, 6) is 0.195. The third-order valence-electron chi connectivity index (χ3n) is 3.19. The van der Waals surface area contributed by atoms with Gasteiger partial charge in [-0.05, 0) is 31.4 Å². The van der Waals surface area contributed by atoms with Gasteiger partial charge in [0, 0.05) is 25.0 Å². The van der Waals surface area contributed by atoms with E-state index < -0.39 is 5.41 Å². The first-order valence-electron chi connectivity index (χ1n) is 6.27. The second-order valence-electron chi connectivity index (χ2n) is 5.76. The van der Waals surface area contributed by atoms with Gasteiger partial charge in [-0.15, -0.1) is 0 Å². The lowest BCUT2D eigenvalue weighted by atomic mass is 9.94. The second-order valence-corrected chi connectivity index (χ2v) is 5.76. The summed E-state index contributed by atoms with van der Waals surface area (Å²) in [5, 5.41) is 0. The molecule has 1 atom stereocenters. The van der Waals surface area contributed by atoms with Crippen molar-refractivity contribution in [2.24, 2.45) is 17.1 Å². The van der Waals surface area contributed by atoms with Crippen LogP contribution in [-0.4, -0.2) is 17.6 Å². The fraction of sp³-hybridized carbons (Fsp3) is 0.643. The van der Waals surface area contributed by atoms with E-state index in [9.17, 15) is 4.79 Å². The number of carbonyl (C=O) groups is 1. The zero-order chi connectivity index (χ0) is 13.9. The number of carbonyl (C=O) groups excluding carboxylic acids is 1. The number of rotatable bonds is 5. The van der Waals surface area contributed by atoms with Gasteiger partial charge in [-0.2, -0.15) is 0 Å². The van der Waals surface area contributed by atoms with Gasteiger partial charge in [-0.3, -0.25) is 4.79 Å². The van der Waals surface area contributed by atoms with Crippen molar-refractivity contribution >= 4 is 5.97 Å². The molecule has 0 bridgehead atoms. The highest BCUT2D eigenvalue weighted by atomic mass is 16.5. The first kappa shape index (κ1) is 14.8. The minimum absolute atomic E-state index is 0.0347. The maximum absolute atomic E-state index is 11.6. The molecule has 0 spiro atoms. The number of aromatic nitrogens is 1. The number of hydrogen-bond donors (Lipinski definition) is 1. The molecule has 0 saturated heterocycles. The van der Waals surface area contributed by atoms with Crippen LogP contribution in [0, 0.1) is 11.3 Å². The van der Waals surface area contributed by atoms with Crippen LogP contribution in [0.15, 0.2) is 18.5 Å². The SMILES string of the molecule is COC(=O)C(C)(C)Cn1ccc(C(N)C(C)C)c1. The van der Waals surface area contributed by atoms with E-state index in [1.165, 1.54) is 7.11 Å². The van der Waals surface area contributed by atoms with Crippen LogP contribution in [0.2, 0.25) is 0 Å². The molecule has 0 radical (unpaired) electrons. The Morgan fingerprint density at radius 3 is 2.61 bits per heavy atom. The van der Waals surface area contributed by atoms with Crippen LogP contribution in [-0.2, 0) is 16.1 Å². The number of nitrogens with two attached hydrogens (primary N) is 1. The third kappa shape index (κ3) is 3.35. The smallest absolute Gasteiger partial charge is 0.313 e. The first-order chi connectivity index (χ1) is 8.27. The van der Waals surface area contributed by atoms with Crippen molar-refractivity contribution < 1.29 is 9.53 Å². The molecule has 4 heteroatoms. The highest BCUT2D eigenvalue weighted by Crippen LogP contribution is 2.23. The van der Waals surface area contributed by atoms with Crippen LogP contribution < -0.4 is 5.73 Å². The van der Waals surface area contributed by atoms with Crippen LogP contribution >= 0.6 is 0 Å². The van der Waals surface area contributed by atoms with Crippen molar-refractivity contribution in [3.8, 4) is 0 Å². The van der Waals surface area contributed by atoms with Crippen molar-refractivity contribution in [1.82, 2.24) is 4.57 Å². The minimum Gasteiger partial charge on any atom is -0.469 e. The number of ether oxygens (including phenoxy) is 1. The topological polar surface area (TPSA) is 57.2 Å². The van der Waals surface area contributed by atoms with E-state index >= 15 is 0 Å². The molecule has 1 aromatic rings. The van der Waals surface area contributed by atoms with Gasteiger partial charge in [0.1, 0.15) is 0 Å². The molecule has 0 aromatic carbocycles. The lowest BCUT2D eigenvalue weighted by Gasteiger charge is -2.22. The Kier molecular flexibility index (Phi) is 4.57. The normalized spacial score (nSPS) is 13.7. The molecule has 4 nitrogen and oxygen atoms in total. The fourth-order valence-electron chi connectivity index (χ4n) is 1.94. The summed E-state index contributed by atoms with van der Waals surface area (Å²) >= 11 is 0. The molecular weight excluding hydrogens is 228 g/mol. The Morgan fingerprint density at radius 2 is 2.11 bits per heavy atom. The quantitative estimate of drug-likeness (QED) is 0.818. The summed E-state index contributed by atoms with van der Waals surface area (Å²) < 4.78 is 6.80. The standard InChI is InChI=1S/C14H24N2O2/c1-10(2)12(15)11-6-7-16(8-11)9-14(3,4)13(17)18-5/h6-8,10,12H,9,15H2,1-5H3. The summed E-state index contributed by atoms with van der Waals surface area (Å²) in [6.07, 6.45) is 3.97. The fourth-order valence-corrected chi connectivity index (χ4v) is 1.94. The molecule has 1 rings (SSSR count). The molecule has 0 aliphatic rings. The van der Waals surface area contributed by atoms with Crippen molar-refractivity contribution in [3.05, 3.63) is 24.0 Å². The van der Waals surface area contributed by atoms with E-state index in [2.05, 4.69) is 13.8 Å². The summed E-state index contributed by atoms with van der Waals surface area (Å²) in [5.41, 5.74) is 6.66. The molecule has 0 aliphatic carbocycles. The van der Waals surface area contributed by atoms with Gasteiger partial charge in [0.25, 0.3) is 0 Å². The Morgan fingerprint density at radius 1 is 1.50 bits per heavy atom. The van der Waals surface area contributed by atoms with Crippen LogP contribution in [0.3, 0.4) is 0 Å². The second kappa shape index (κ2) is 5.57. The molecule has 102 valence electrons. The van der Waals surface area contributed by atoms with Crippen LogP contribution in [0.1, 0.15) is 39.3 Å². The Hall–Kier alpha value is -1.29. The number of methoxy groups -OCH3 is 1. The number of esters is 1. The minimum atomic E-state index is -0.535. The molecule has 1 heterocycles. The monoisotopic (exact) mass is 252 g/mol. The van der Waals surface area contributed by atoms with E-state index in [1.54, 1.807) is 0 Å².